The molecule has 0 atom stereocenters. The Balaban J connectivity index is 1.39. The molecule has 0 aliphatic carbocycles. The van der Waals surface area contributed by atoms with E-state index in [9.17, 15) is 10.1 Å². The predicted molar refractivity (Wildman–Crippen MR) is 154 cm³/mol. The Hall–Kier alpha value is -4.31. The summed E-state index contributed by atoms with van der Waals surface area (Å²) in [4.78, 5) is 30.8. The van der Waals surface area contributed by atoms with Crippen LogP contribution < -0.4 is 16.4 Å². The third-order valence-electron chi connectivity index (χ3n) is 5.33. The number of hydrogen-bond acceptors (Lipinski definition) is 11. The van der Waals surface area contributed by atoms with E-state index in [2.05, 4.69) is 31.7 Å². The summed E-state index contributed by atoms with van der Waals surface area (Å²) in [5, 5.41) is 18.2. The lowest BCUT2D eigenvalue weighted by Crippen LogP contribution is -2.14. The Labute approximate surface area is 230 Å². The highest BCUT2D eigenvalue weighted by Gasteiger charge is 2.22. The number of benzene rings is 1. The van der Waals surface area contributed by atoms with E-state index in [1.165, 1.54) is 34.4 Å². The number of thioether (sulfide) groups is 1. The molecule has 38 heavy (non-hydrogen) atoms. The van der Waals surface area contributed by atoms with Gasteiger partial charge in [-0.05, 0) is 36.6 Å². The molecule has 188 valence electrons. The van der Waals surface area contributed by atoms with Crippen molar-refractivity contribution in [3.63, 3.8) is 0 Å². The second kappa shape index (κ2) is 11.4. The number of nitrogen functional groups attached to an aromatic ring is 1. The van der Waals surface area contributed by atoms with Crippen LogP contribution >= 0.6 is 34.4 Å². The van der Waals surface area contributed by atoms with Gasteiger partial charge in [-0.1, -0.05) is 12.1 Å². The molecule has 5 rings (SSSR count). The van der Waals surface area contributed by atoms with Crippen LogP contribution in [0.15, 0.2) is 70.6 Å². The molecule has 1 amide bonds. The van der Waals surface area contributed by atoms with Gasteiger partial charge < -0.3 is 16.4 Å². The topological polar surface area (TPSA) is 142 Å². The predicted octanol–water partition coefficient (Wildman–Crippen LogP) is 5.82. The van der Waals surface area contributed by atoms with Crippen LogP contribution in [0.4, 0.5) is 22.5 Å². The van der Waals surface area contributed by atoms with Gasteiger partial charge in [0.15, 0.2) is 5.13 Å². The fraction of sp³-hybridized carbons (Fsp3) is 0.0769. The molecule has 9 nitrogen and oxygen atoms in total. The molecule has 1 aromatic carbocycles. The zero-order valence-electron chi connectivity index (χ0n) is 20.0. The van der Waals surface area contributed by atoms with Crippen LogP contribution in [0.1, 0.15) is 11.3 Å². The van der Waals surface area contributed by atoms with E-state index in [1.807, 2.05) is 36.6 Å². The van der Waals surface area contributed by atoms with Crippen LogP contribution in [0.2, 0.25) is 0 Å². The van der Waals surface area contributed by atoms with Crippen molar-refractivity contribution in [1.29, 1.82) is 5.26 Å². The summed E-state index contributed by atoms with van der Waals surface area (Å²) in [6, 6.07) is 15.3. The highest BCUT2D eigenvalue weighted by molar-refractivity contribution is 8.00. The monoisotopic (exact) mass is 556 g/mol. The summed E-state index contributed by atoms with van der Waals surface area (Å²) in [5.74, 6) is 0.197. The van der Waals surface area contributed by atoms with Crippen LogP contribution in [0.5, 0.6) is 0 Å². The lowest BCUT2D eigenvalue weighted by atomic mass is 10.0. The van der Waals surface area contributed by atoms with Gasteiger partial charge in [0, 0.05) is 46.5 Å². The number of carbonyl (C=O) groups excluding carboxylic acids is 1. The molecule has 0 fully saturated rings. The molecule has 12 heteroatoms. The summed E-state index contributed by atoms with van der Waals surface area (Å²) in [5.41, 5.74) is 10.6. The first-order chi connectivity index (χ1) is 18.5. The third kappa shape index (κ3) is 5.65. The number of pyridine rings is 1. The number of carbonyl (C=O) groups is 1. The number of hydrogen-bond donors (Lipinski definition) is 3. The average molecular weight is 557 g/mol. The Kier molecular flexibility index (Phi) is 7.60. The number of nitrogens with one attached hydrogen (secondary N) is 2. The molecule has 0 saturated heterocycles. The van der Waals surface area contributed by atoms with E-state index in [-0.39, 0.29) is 12.3 Å². The van der Waals surface area contributed by atoms with E-state index in [4.69, 9.17) is 10.7 Å². The first kappa shape index (κ1) is 25.3. The number of nitrogens with zero attached hydrogens (tertiary/aromatic N) is 5. The Morgan fingerprint density at radius 1 is 1.16 bits per heavy atom. The van der Waals surface area contributed by atoms with Gasteiger partial charge in [0.05, 0.1) is 32.5 Å². The molecule has 0 aliphatic heterocycles. The summed E-state index contributed by atoms with van der Waals surface area (Å²) in [7, 11) is 0. The first-order valence-electron chi connectivity index (χ1n) is 11.3. The van der Waals surface area contributed by atoms with E-state index >= 15 is 0 Å². The van der Waals surface area contributed by atoms with Gasteiger partial charge >= 0.3 is 0 Å². The van der Waals surface area contributed by atoms with Crippen LogP contribution in [0.3, 0.4) is 0 Å². The summed E-state index contributed by atoms with van der Waals surface area (Å²) < 4.78 is 0.915. The van der Waals surface area contributed by atoms with Crippen molar-refractivity contribution in [1.82, 2.24) is 19.9 Å². The number of anilines is 4. The summed E-state index contributed by atoms with van der Waals surface area (Å²) in [6.07, 6.45) is 7.22. The minimum Gasteiger partial charge on any atom is -0.375 e. The van der Waals surface area contributed by atoms with Crippen molar-refractivity contribution >= 4 is 62.8 Å². The quantitative estimate of drug-likeness (QED) is 0.201. The molecule has 0 radical (unpaired) electrons. The van der Waals surface area contributed by atoms with E-state index in [0.29, 0.717) is 39.4 Å². The number of thiophene rings is 1. The maximum atomic E-state index is 12.4. The normalized spacial score (nSPS) is 10.6. The summed E-state index contributed by atoms with van der Waals surface area (Å²) in [6.45, 7) is 0. The highest BCUT2D eigenvalue weighted by Crippen LogP contribution is 2.45. The van der Waals surface area contributed by atoms with Crippen LogP contribution in [-0.2, 0) is 11.2 Å². The van der Waals surface area contributed by atoms with Crippen LogP contribution in [0, 0.1) is 11.3 Å². The molecular formula is C26H20N8OS3. The van der Waals surface area contributed by atoms with E-state index in [0.717, 1.165) is 20.2 Å². The SMILES string of the molecule is CSc1sc(-c2ccnc(Nc3cccc(NC(=O)Cc4csc(N)n4)c3)n2)c(-c2cccnc2)c1C#N. The van der Waals surface area contributed by atoms with E-state index in [1.54, 1.807) is 36.1 Å². The molecule has 4 N–H and O–H groups in total. The molecule has 0 spiro atoms. The molecule has 4 aromatic heterocycles. The fourth-order valence-corrected chi connectivity index (χ4v) is 6.22. The number of thiazole rings is 1. The lowest BCUT2D eigenvalue weighted by molar-refractivity contribution is -0.115. The smallest absolute Gasteiger partial charge is 0.230 e. The van der Waals surface area contributed by atoms with Gasteiger partial charge in [-0.25, -0.2) is 15.0 Å². The Morgan fingerprint density at radius 2 is 2.03 bits per heavy atom. The highest BCUT2D eigenvalue weighted by atomic mass is 32.2. The second-order valence-corrected chi connectivity index (χ2v) is 10.9. The van der Waals surface area contributed by atoms with Crippen molar-refractivity contribution in [3.05, 3.63) is 77.7 Å². The molecule has 0 aliphatic rings. The minimum atomic E-state index is -0.191. The maximum Gasteiger partial charge on any atom is 0.230 e. The molecule has 0 unspecified atom stereocenters. The van der Waals surface area contributed by atoms with Gasteiger partial charge in [0.2, 0.25) is 11.9 Å². The largest absolute Gasteiger partial charge is 0.375 e. The first-order valence-corrected chi connectivity index (χ1v) is 14.2. The van der Waals surface area contributed by atoms with Gasteiger partial charge in [0.1, 0.15) is 6.07 Å². The van der Waals surface area contributed by atoms with Gasteiger partial charge in [-0.15, -0.1) is 34.4 Å². The summed E-state index contributed by atoms with van der Waals surface area (Å²) >= 11 is 4.35. The second-order valence-electron chi connectivity index (χ2n) is 7.90. The zero-order chi connectivity index (χ0) is 26.5. The molecule has 5 aromatic rings. The van der Waals surface area contributed by atoms with E-state index < -0.39 is 0 Å². The van der Waals surface area contributed by atoms with Gasteiger partial charge in [-0.2, -0.15) is 5.26 Å². The van der Waals surface area contributed by atoms with Crippen molar-refractivity contribution in [3.8, 4) is 27.8 Å². The molecule has 0 bridgehead atoms. The van der Waals surface area contributed by atoms with Gasteiger partial charge in [-0.3, -0.25) is 9.78 Å². The molecular weight excluding hydrogens is 537 g/mol. The lowest BCUT2D eigenvalue weighted by Gasteiger charge is -2.10. The number of rotatable bonds is 8. The molecule has 4 heterocycles. The number of nitriles is 1. The number of amides is 1. The van der Waals surface area contributed by atoms with Gasteiger partial charge in [0.25, 0.3) is 0 Å². The number of nitrogens with two attached hydrogens (primary N) is 1. The van der Waals surface area contributed by atoms with Crippen LogP contribution in [-0.4, -0.2) is 32.1 Å². The minimum absolute atomic E-state index is 0.138. The fourth-order valence-electron chi connectivity index (χ4n) is 3.74. The van der Waals surface area contributed by atoms with Crippen molar-refractivity contribution in [2.45, 2.75) is 10.6 Å². The zero-order valence-corrected chi connectivity index (χ0v) is 22.5. The average Bonchev–Trinajstić information content (AvgIpc) is 3.52. The van der Waals surface area contributed by atoms with Crippen molar-refractivity contribution < 1.29 is 4.79 Å². The standard InChI is InChI=1S/C26H20N8OS3/c1-36-24-19(12-27)22(15-4-3-8-29-13-15)23(38-24)20-7-9-30-26(34-20)33-17-6-2-5-16(10-17)31-21(35)11-18-14-37-25(28)32-18/h2-10,13-14H,11H2,1H3,(H2,28,32)(H,31,35)(H,30,33,34). The molecule has 0 saturated carbocycles. The van der Waals surface area contributed by atoms with Crippen molar-refractivity contribution in [2.24, 2.45) is 0 Å². The third-order valence-corrected chi connectivity index (χ3v) is 8.38. The van der Waals surface area contributed by atoms with Crippen LogP contribution in [0.25, 0.3) is 21.7 Å². The maximum absolute atomic E-state index is 12.4. The van der Waals surface area contributed by atoms with Crippen molar-refractivity contribution in [2.75, 3.05) is 22.6 Å². The number of aromatic nitrogens is 4. The Morgan fingerprint density at radius 3 is 2.76 bits per heavy atom. The Bertz CT molecular complexity index is 1640.